The highest BCUT2D eigenvalue weighted by Gasteiger charge is 2.23. The van der Waals surface area contributed by atoms with Crippen LogP contribution in [0.4, 0.5) is 5.69 Å². The van der Waals surface area contributed by atoms with Crippen molar-refractivity contribution in [3.63, 3.8) is 0 Å². The average molecular weight is 542 g/mol. The third-order valence-electron chi connectivity index (χ3n) is 6.28. The van der Waals surface area contributed by atoms with Crippen molar-refractivity contribution in [3.05, 3.63) is 70.6 Å². The molecule has 1 aliphatic heterocycles. The zero-order chi connectivity index (χ0) is 25.9. The number of nitrogens with one attached hydrogen (secondary N) is 1. The Hall–Kier alpha value is -2.32. The van der Waals surface area contributed by atoms with Crippen LogP contribution < -0.4 is 0 Å². The first-order valence-electron chi connectivity index (χ1n) is 12.1. The van der Waals surface area contributed by atoms with E-state index >= 15 is 0 Å². The number of likely N-dealkylation sites (tertiary alicyclic amines) is 1. The van der Waals surface area contributed by atoms with E-state index in [-0.39, 0.29) is 0 Å². The molecule has 2 atom stereocenters. The lowest BCUT2D eigenvalue weighted by Crippen LogP contribution is -2.41. The third kappa shape index (κ3) is 6.91. The van der Waals surface area contributed by atoms with Crippen LogP contribution in [-0.2, 0) is 9.84 Å². The van der Waals surface area contributed by atoms with Crippen molar-refractivity contribution in [1.29, 1.82) is 5.41 Å². The molecule has 0 radical (unpaired) electrons. The molecular weight excluding hydrogens is 510 g/mol. The van der Waals surface area contributed by atoms with Gasteiger partial charge < -0.3 is 5.41 Å². The van der Waals surface area contributed by atoms with Crippen molar-refractivity contribution < 1.29 is 8.42 Å². The number of halogens is 1. The first-order valence-corrected chi connectivity index (χ1v) is 15.2. The first-order chi connectivity index (χ1) is 17.1. The van der Waals surface area contributed by atoms with E-state index in [0.29, 0.717) is 46.1 Å². The summed E-state index contributed by atoms with van der Waals surface area (Å²) in [5.41, 5.74) is 2.94. The molecular formula is C28H32ClN3O2S2. The molecule has 0 bridgehead atoms. The summed E-state index contributed by atoms with van der Waals surface area (Å²) in [4.78, 5) is 9.47. The van der Waals surface area contributed by atoms with Crippen LogP contribution in [0.1, 0.15) is 31.6 Å². The van der Waals surface area contributed by atoms with E-state index in [1.165, 1.54) is 12.7 Å². The zero-order valence-electron chi connectivity index (χ0n) is 20.9. The van der Waals surface area contributed by atoms with Gasteiger partial charge in [0.05, 0.1) is 21.3 Å². The van der Waals surface area contributed by atoms with Gasteiger partial charge in [0.25, 0.3) is 0 Å². The molecule has 0 aliphatic carbocycles. The van der Waals surface area contributed by atoms with Gasteiger partial charge in [-0.15, -0.1) is 11.3 Å². The van der Waals surface area contributed by atoms with Crippen LogP contribution in [0.3, 0.4) is 0 Å². The number of hydrogen-bond donors (Lipinski definition) is 1. The van der Waals surface area contributed by atoms with E-state index in [1.54, 1.807) is 29.5 Å². The second-order valence-corrected chi connectivity index (χ2v) is 13.4. The Balaban J connectivity index is 1.62. The van der Waals surface area contributed by atoms with Crippen LogP contribution in [0.25, 0.3) is 10.4 Å². The van der Waals surface area contributed by atoms with E-state index in [4.69, 9.17) is 22.0 Å². The molecule has 1 saturated heterocycles. The summed E-state index contributed by atoms with van der Waals surface area (Å²) in [6, 6.07) is 18.5. The van der Waals surface area contributed by atoms with Crippen molar-refractivity contribution in [2.24, 2.45) is 16.8 Å². The summed E-state index contributed by atoms with van der Waals surface area (Å²) < 4.78 is 24.1. The summed E-state index contributed by atoms with van der Waals surface area (Å²) in [5.74, 6) is 1.28. The Kier molecular flexibility index (Phi) is 8.45. The molecule has 3 aromatic rings. The van der Waals surface area contributed by atoms with Crippen LogP contribution >= 0.6 is 22.9 Å². The molecule has 0 saturated carbocycles. The van der Waals surface area contributed by atoms with Gasteiger partial charge in [0.1, 0.15) is 0 Å². The van der Waals surface area contributed by atoms with Gasteiger partial charge in [-0.05, 0) is 60.2 Å². The Morgan fingerprint density at radius 3 is 2.50 bits per heavy atom. The van der Waals surface area contributed by atoms with Crippen LogP contribution in [0.5, 0.6) is 0 Å². The third-order valence-corrected chi connectivity index (χ3v) is 8.90. The fraction of sp³-hybridized carbons (Fsp3) is 0.357. The number of piperidine rings is 1. The van der Waals surface area contributed by atoms with Crippen molar-refractivity contribution >= 4 is 49.9 Å². The summed E-state index contributed by atoms with van der Waals surface area (Å²) in [5, 5.41) is 9.37. The molecule has 1 aromatic heterocycles. The molecule has 2 unspecified atom stereocenters. The molecule has 36 heavy (non-hydrogen) atoms. The lowest BCUT2D eigenvalue weighted by atomic mass is 9.91. The number of para-hydroxylation sites is 1. The van der Waals surface area contributed by atoms with Crippen LogP contribution in [0.15, 0.2) is 70.6 Å². The van der Waals surface area contributed by atoms with Gasteiger partial charge >= 0.3 is 0 Å². The topological polar surface area (TPSA) is 73.6 Å². The smallest absolute Gasteiger partial charge is 0.175 e. The molecule has 8 heteroatoms. The van der Waals surface area contributed by atoms with E-state index in [0.717, 1.165) is 34.1 Å². The molecule has 4 rings (SSSR count). The molecule has 2 heterocycles. The van der Waals surface area contributed by atoms with E-state index in [1.807, 2.05) is 42.5 Å². The van der Waals surface area contributed by atoms with Gasteiger partial charge in [0, 0.05) is 47.8 Å². The minimum absolute atomic E-state index is 0.298. The van der Waals surface area contributed by atoms with Gasteiger partial charge in [0.15, 0.2) is 9.84 Å². The van der Waals surface area contributed by atoms with Crippen LogP contribution in [0, 0.1) is 17.2 Å². The van der Waals surface area contributed by atoms with Gasteiger partial charge in [0.2, 0.25) is 0 Å². The number of sulfone groups is 1. The largest absolute Gasteiger partial charge is 0.308 e. The van der Waals surface area contributed by atoms with Gasteiger partial charge in [-0.3, -0.25) is 9.89 Å². The van der Waals surface area contributed by atoms with Crippen LogP contribution in [-0.4, -0.2) is 50.6 Å². The molecule has 1 fully saturated rings. The molecule has 0 spiro atoms. The number of benzene rings is 2. The lowest BCUT2D eigenvalue weighted by molar-refractivity contribution is 0.159. The Morgan fingerprint density at radius 1 is 1.08 bits per heavy atom. The number of rotatable bonds is 8. The maximum absolute atomic E-state index is 12.0. The minimum atomic E-state index is -3.29. The maximum Gasteiger partial charge on any atom is 0.175 e. The normalized spacial score (nSPS) is 19.4. The van der Waals surface area contributed by atoms with E-state index in [9.17, 15) is 8.42 Å². The highest BCUT2D eigenvalue weighted by molar-refractivity contribution is 7.90. The molecule has 0 amide bonds. The standard InChI is InChI=1S/C28H32ClN3O2S2/c1-19-13-20(2)17-32(16-19)18-22(30)15-26(31-25-10-5-4-9-24(25)29)28-12-11-27(35-28)21-7-6-8-23(14-21)36(3,33)34/h4-12,14,19-20,30H,13,15-18H2,1-3H3. The Labute approximate surface area is 223 Å². The lowest BCUT2D eigenvalue weighted by Gasteiger charge is -2.35. The zero-order valence-corrected chi connectivity index (χ0v) is 23.3. The molecule has 1 aliphatic rings. The molecule has 1 N–H and O–H groups in total. The van der Waals surface area contributed by atoms with Crippen molar-refractivity contribution in [2.45, 2.75) is 31.6 Å². The fourth-order valence-corrected chi connectivity index (χ4v) is 6.68. The molecule has 5 nitrogen and oxygen atoms in total. The average Bonchev–Trinajstić information content (AvgIpc) is 3.29. The number of nitrogens with zero attached hydrogens (tertiary/aromatic N) is 2. The van der Waals surface area contributed by atoms with Crippen molar-refractivity contribution in [3.8, 4) is 10.4 Å². The highest BCUT2D eigenvalue weighted by Crippen LogP contribution is 2.32. The minimum Gasteiger partial charge on any atom is -0.308 e. The first kappa shape index (κ1) is 26.7. The number of aliphatic imine (C=N–C) groups is 1. The summed E-state index contributed by atoms with van der Waals surface area (Å²) >= 11 is 7.97. The quantitative estimate of drug-likeness (QED) is 0.312. The van der Waals surface area contributed by atoms with Gasteiger partial charge in [-0.2, -0.15) is 0 Å². The molecule has 190 valence electrons. The Morgan fingerprint density at radius 2 is 1.81 bits per heavy atom. The predicted octanol–water partition coefficient (Wildman–Crippen LogP) is 6.98. The summed E-state index contributed by atoms with van der Waals surface area (Å²) in [7, 11) is -3.29. The van der Waals surface area contributed by atoms with Crippen molar-refractivity contribution in [2.75, 3.05) is 25.9 Å². The maximum atomic E-state index is 12.0. The number of thiophene rings is 1. The van der Waals surface area contributed by atoms with Crippen LogP contribution in [0.2, 0.25) is 5.02 Å². The number of hydrogen-bond acceptors (Lipinski definition) is 6. The SMILES string of the molecule is CC1CC(C)CN(CC(=N)CC(=Nc2ccccc2Cl)c2ccc(-c3cccc(S(C)(=O)=O)c3)s2)C1. The van der Waals surface area contributed by atoms with Crippen molar-refractivity contribution in [1.82, 2.24) is 4.90 Å². The van der Waals surface area contributed by atoms with E-state index in [2.05, 4.69) is 18.7 Å². The second kappa shape index (κ2) is 11.4. The molecule has 2 aromatic carbocycles. The predicted molar refractivity (Wildman–Crippen MR) is 152 cm³/mol. The Bertz CT molecular complexity index is 1370. The summed E-state index contributed by atoms with van der Waals surface area (Å²) in [6.07, 6.45) is 2.88. The van der Waals surface area contributed by atoms with E-state index < -0.39 is 9.84 Å². The van der Waals surface area contributed by atoms with Gasteiger partial charge in [-0.1, -0.05) is 49.7 Å². The van der Waals surface area contributed by atoms with Gasteiger partial charge in [-0.25, -0.2) is 8.42 Å². The highest BCUT2D eigenvalue weighted by atomic mass is 35.5. The second-order valence-electron chi connectivity index (χ2n) is 9.89. The summed E-state index contributed by atoms with van der Waals surface area (Å²) in [6.45, 7) is 7.23. The monoisotopic (exact) mass is 541 g/mol. The fourth-order valence-electron chi connectivity index (χ4n) is 4.85.